The van der Waals surface area contributed by atoms with Gasteiger partial charge in [-0.05, 0) is 18.1 Å². The van der Waals surface area contributed by atoms with Gasteiger partial charge in [0.2, 0.25) is 0 Å². The number of hydrogen-bond acceptors (Lipinski definition) is 4. The number of halogens is 2. The maximum Gasteiger partial charge on any atom is 0.358 e. The molecule has 2 N–H and O–H groups in total. The number of hydrogen-bond donors (Lipinski definition) is 1. The van der Waals surface area contributed by atoms with Crippen molar-refractivity contribution in [2.45, 2.75) is 51.5 Å². The van der Waals surface area contributed by atoms with Crippen molar-refractivity contribution in [3.63, 3.8) is 0 Å². The molecule has 146 valence electrons. The van der Waals surface area contributed by atoms with Gasteiger partial charge in [-0.15, -0.1) is 0 Å². The van der Waals surface area contributed by atoms with Crippen molar-refractivity contribution >= 4 is 23.4 Å². The number of rotatable bonds is 5. The van der Waals surface area contributed by atoms with E-state index in [0.717, 1.165) is 12.8 Å². The number of imidazole rings is 1. The summed E-state index contributed by atoms with van der Waals surface area (Å²) >= 11 is 6.20. The molecule has 0 unspecified atom stereocenters. The van der Waals surface area contributed by atoms with Crippen LogP contribution < -0.4 is 5.73 Å². The molecule has 3 rings (SSSR count). The van der Waals surface area contributed by atoms with Crippen LogP contribution in [0, 0.1) is 11.7 Å². The lowest BCUT2D eigenvalue weighted by Gasteiger charge is -2.17. The number of carbonyl (C=O) groups excluding carboxylic acids is 1. The standard InChI is InChI=1S/C20H25ClFN3O2/c1-27-20(26)18-19(23)24-17(11-13-7-4-2-3-5-8-13)25(18)12-14-15(21)9-6-10-16(14)22/h6,9-10,13H,2-5,7-8,11-12,23H2,1H3. The molecule has 0 spiro atoms. The first kappa shape index (κ1) is 19.7. The number of anilines is 1. The van der Waals surface area contributed by atoms with Gasteiger partial charge in [-0.25, -0.2) is 14.2 Å². The first-order chi connectivity index (χ1) is 13.0. The van der Waals surface area contributed by atoms with Gasteiger partial charge in [0.15, 0.2) is 11.5 Å². The molecule has 2 aromatic rings. The van der Waals surface area contributed by atoms with Crippen molar-refractivity contribution in [1.29, 1.82) is 0 Å². The molecule has 0 atom stereocenters. The number of nitrogens with zero attached hydrogens (tertiary/aromatic N) is 2. The van der Waals surface area contributed by atoms with E-state index >= 15 is 0 Å². The van der Waals surface area contributed by atoms with Crippen LogP contribution in [0.2, 0.25) is 5.02 Å². The molecule has 5 nitrogen and oxygen atoms in total. The Morgan fingerprint density at radius 2 is 2.04 bits per heavy atom. The maximum absolute atomic E-state index is 14.3. The van der Waals surface area contributed by atoms with Crippen LogP contribution >= 0.6 is 11.6 Å². The van der Waals surface area contributed by atoms with Gasteiger partial charge in [0.05, 0.1) is 13.7 Å². The van der Waals surface area contributed by atoms with Crippen LogP contribution in [-0.2, 0) is 17.7 Å². The summed E-state index contributed by atoms with van der Waals surface area (Å²) in [6.07, 6.45) is 7.86. The highest BCUT2D eigenvalue weighted by molar-refractivity contribution is 6.31. The number of aromatic nitrogens is 2. The molecule has 27 heavy (non-hydrogen) atoms. The molecule has 0 amide bonds. The minimum absolute atomic E-state index is 0.0855. The minimum Gasteiger partial charge on any atom is -0.464 e. The zero-order chi connectivity index (χ0) is 19.4. The molecular formula is C20H25ClFN3O2. The van der Waals surface area contributed by atoms with Gasteiger partial charge in [0.25, 0.3) is 0 Å². The van der Waals surface area contributed by atoms with Crippen molar-refractivity contribution in [2.75, 3.05) is 12.8 Å². The zero-order valence-corrected chi connectivity index (χ0v) is 16.3. The van der Waals surface area contributed by atoms with Crippen LogP contribution in [0.1, 0.15) is 60.4 Å². The first-order valence-electron chi connectivity index (χ1n) is 9.37. The van der Waals surface area contributed by atoms with Crippen LogP contribution in [0.4, 0.5) is 10.2 Å². The van der Waals surface area contributed by atoms with Crippen molar-refractivity contribution in [3.05, 3.63) is 46.1 Å². The third-order valence-corrected chi connectivity index (χ3v) is 5.63. The zero-order valence-electron chi connectivity index (χ0n) is 15.5. The Hall–Kier alpha value is -2.08. The Bertz CT molecular complexity index is 794. The molecule has 0 aliphatic heterocycles. The average molecular weight is 394 g/mol. The lowest BCUT2D eigenvalue weighted by Crippen LogP contribution is -2.17. The molecule has 1 saturated carbocycles. The van der Waals surface area contributed by atoms with Gasteiger partial charge < -0.3 is 15.0 Å². The smallest absolute Gasteiger partial charge is 0.358 e. The van der Waals surface area contributed by atoms with E-state index in [1.807, 2.05) is 0 Å². The van der Waals surface area contributed by atoms with E-state index in [1.165, 1.54) is 38.9 Å². The molecule has 1 aromatic heterocycles. The molecule has 1 fully saturated rings. The van der Waals surface area contributed by atoms with Crippen molar-refractivity contribution in [2.24, 2.45) is 5.92 Å². The highest BCUT2D eigenvalue weighted by atomic mass is 35.5. The molecule has 0 bridgehead atoms. The topological polar surface area (TPSA) is 70.1 Å². The van der Waals surface area contributed by atoms with Gasteiger partial charge in [-0.3, -0.25) is 0 Å². The summed E-state index contributed by atoms with van der Waals surface area (Å²) in [7, 11) is 1.29. The number of esters is 1. The monoisotopic (exact) mass is 393 g/mol. The van der Waals surface area contributed by atoms with Gasteiger partial charge in [-0.2, -0.15) is 0 Å². The normalized spacial score (nSPS) is 15.5. The molecular weight excluding hydrogens is 369 g/mol. The van der Waals surface area contributed by atoms with E-state index in [-0.39, 0.29) is 18.1 Å². The van der Waals surface area contributed by atoms with Crippen LogP contribution in [0.5, 0.6) is 0 Å². The number of benzene rings is 1. The third kappa shape index (κ3) is 4.43. The Balaban J connectivity index is 1.99. The Morgan fingerprint density at radius 3 is 2.67 bits per heavy atom. The van der Waals surface area contributed by atoms with E-state index < -0.39 is 11.8 Å². The predicted molar refractivity (Wildman–Crippen MR) is 103 cm³/mol. The highest BCUT2D eigenvalue weighted by Crippen LogP contribution is 2.29. The largest absolute Gasteiger partial charge is 0.464 e. The summed E-state index contributed by atoms with van der Waals surface area (Å²) in [5.41, 5.74) is 6.49. The van der Waals surface area contributed by atoms with Crippen LogP contribution in [0.15, 0.2) is 18.2 Å². The van der Waals surface area contributed by atoms with E-state index in [4.69, 9.17) is 22.1 Å². The Labute approximate surface area is 163 Å². The maximum atomic E-state index is 14.3. The van der Waals surface area contributed by atoms with Gasteiger partial charge >= 0.3 is 5.97 Å². The van der Waals surface area contributed by atoms with Crippen molar-refractivity contribution in [1.82, 2.24) is 9.55 Å². The number of methoxy groups -OCH3 is 1. The van der Waals surface area contributed by atoms with Crippen molar-refractivity contribution < 1.29 is 13.9 Å². The average Bonchev–Trinajstić information content (AvgIpc) is 2.80. The molecule has 1 aliphatic carbocycles. The molecule has 0 radical (unpaired) electrons. The molecule has 1 aliphatic rings. The second kappa shape index (κ2) is 8.74. The van der Waals surface area contributed by atoms with Gasteiger partial charge in [0.1, 0.15) is 11.6 Å². The highest BCUT2D eigenvalue weighted by Gasteiger charge is 2.25. The Kier molecular flexibility index (Phi) is 6.37. The molecule has 7 heteroatoms. The fourth-order valence-electron chi connectivity index (χ4n) is 3.83. The third-order valence-electron chi connectivity index (χ3n) is 5.28. The molecule has 1 heterocycles. The second-order valence-corrected chi connectivity index (χ2v) is 7.51. The summed E-state index contributed by atoms with van der Waals surface area (Å²) < 4.78 is 20.9. The van der Waals surface area contributed by atoms with E-state index in [1.54, 1.807) is 16.7 Å². The summed E-state index contributed by atoms with van der Waals surface area (Å²) in [6.45, 7) is 0.0855. The fourth-order valence-corrected chi connectivity index (χ4v) is 4.05. The predicted octanol–water partition coefficient (Wildman–Crippen LogP) is 4.61. The first-order valence-corrected chi connectivity index (χ1v) is 9.75. The van der Waals surface area contributed by atoms with Gasteiger partial charge in [0, 0.05) is 17.0 Å². The number of carbonyl (C=O) groups is 1. The summed E-state index contributed by atoms with van der Waals surface area (Å²) in [5.74, 6) is 0.261. The Morgan fingerprint density at radius 1 is 1.33 bits per heavy atom. The summed E-state index contributed by atoms with van der Waals surface area (Å²) in [5, 5.41) is 0.304. The van der Waals surface area contributed by atoms with Crippen LogP contribution in [-0.4, -0.2) is 22.6 Å². The number of nitrogens with two attached hydrogens (primary N) is 1. The van der Waals surface area contributed by atoms with E-state index in [0.29, 0.717) is 28.7 Å². The molecule has 1 aromatic carbocycles. The summed E-state index contributed by atoms with van der Waals surface area (Å²) in [4.78, 5) is 16.7. The summed E-state index contributed by atoms with van der Waals surface area (Å²) in [6, 6.07) is 4.53. The fraction of sp³-hybridized carbons (Fsp3) is 0.500. The lowest BCUT2D eigenvalue weighted by molar-refractivity contribution is 0.0589. The lowest BCUT2D eigenvalue weighted by atomic mass is 9.96. The van der Waals surface area contributed by atoms with E-state index in [2.05, 4.69) is 4.98 Å². The van der Waals surface area contributed by atoms with Gasteiger partial charge in [-0.1, -0.05) is 56.2 Å². The number of ether oxygens (including phenoxy) is 1. The SMILES string of the molecule is COC(=O)c1c(N)nc(CC2CCCCCC2)n1Cc1c(F)cccc1Cl. The number of nitrogen functional groups attached to an aromatic ring is 1. The minimum atomic E-state index is -0.584. The van der Waals surface area contributed by atoms with E-state index in [9.17, 15) is 9.18 Å². The quantitative estimate of drug-likeness (QED) is 0.595. The van der Waals surface area contributed by atoms with Crippen molar-refractivity contribution in [3.8, 4) is 0 Å². The second-order valence-electron chi connectivity index (χ2n) is 7.10. The van der Waals surface area contributed by atoms with Crippen LogP contribution in [0.3, 0.4) is 0 Å². The van der Waals surface area contributed by atoms with Crippen LogP contribution in [0.25, 0.3) is 0 Å². The molecule has 0 saturated heterocycles.